The second kappa shape index (κ2) is 8.87. The molecule has 6 rings (SSSR count). The number of morpholine rings is 1. The first-order valence-corrected chi connectivity index (χ1v) is 13.5. The van der Waals surface area contributed by atoms with Gasteiger partial charge in [-0.3, -0.25) is 9.69 Å². The topological polar surface area (TPSA) is 37.1 Å². The van der Waals surface area contributed by atoms with Crippen LogP contribution in [0.3, 0.4) is 0 Å². The van der Waals surface area contributed by atoms with Crippen molar-refractivity contribution in [2.75, 3.05) is 44.3 Å². The molecule has 2 fully saturated rings. The Balaban J connectivity index is 1.39. The van der Waals surface area contributed by atoms with E-state index in [4.69, 9.17) is 11.3 Å². The number of benzene rings is 2. The molecule has 0 atom stereocenters. The summed E-state index contributed by atoms with van der Waals surface area (Å²) in [6.07, 6.45) is 3.92. The molecular formula is C31H35N3O2. The Morgan fingerprint density at radius 1 is 1.08 bits per heavy atom. The summed E-state index contributed by atoms with van der Waals surface area (Å²) in [7, 11) is 0. The Morgan fingerprint density at radius 3 is 2.53 bits per heavy atom. The summed E-state index contributed by atoms with van der Waals surface area (Å²) in [4.78, 5) is 23.1. The molecule has 5 nitrogen and oxygen atoms in total. The van der Waals surface area contributed by atoms with Gasteiger partial charge in [-0.2, -0.15) is 0 Å². The molecule has 0 radical (unpaired) electrons. The van der Waals surface area contributed by atoms with Gasteiger partial charge in [-0.25, -0.2) is 4.85 Å². The van der Waals surface area contributed by atoms with Gasteiger partial charge in [0.1, 0.15) is 0 Å². The number of hydrogen-bond acceptors (Lipinski definition) is 4. The number of ether oxygens (including phenoxy) is 1. The van der Waals surface area contributed by atoms with Gasteiger partial charge in [0.25, 0.3) is 0 Å². The maximum absolute atomic E-state index is 14.4. The Bertz CT molecular complexity index is 1300. The van der Waals surface area contributed by atoms with Gasteiger partial charge in [0.2, 0.25) is 0 Å². The molecule has 0 amide bonds. The second-order valence-electron chi connectivity index (χ2n) is 11.2. The summed E-state index contributed by atoms with van der Waals surface area (Å²) in [6, 6.07) is 10.9. The number of allylic oxidation sites excluding steroid dienone is 2. The average Bonchev–Trinajstić information content (AvgIpc) is 3.32. The van der Waals surface area contributed by atoms with E-state index in [1.807, 2.05) is 18.2 Å². The van der Waals surface area contributed by atoms with Crippen LogP contribution in [0.4, 0.5) is 11.4 Å². The minimum atomic E-state index is -0.233. The Kier molecular flexibility index (Phi) is 5.78. The SMILES string of the molecule is [C-]#[N+]c1ccc2c(c1)CC1=C2C(=O)c2c(ccc(CC)c2N2CCC(N3CCOCC3)CC2)C1(C)C. The molecule has 0 unspecified atom stereocenters. The van der Waals surface area contributed by atoms with Crippen molar-refractivity contribution < 1.29 is 9.53 Å². The smallest absolute Gasteiger partial charge is 0.196 e. The van der Waals surface area contributed by atoms with Crippen LogP contribution in [-0.2, 0) is 23.0 Å². The molecule has 2 aromatic carbocycles. The zero-order valence-electron chi connectivity index (χ0n) is 21.7. The largest absolute Gasteiger partial charge is 0.379 e. The number of rotatable bonds is 3. The van der Waals surface area contributed by atoms with E-state index in [0.717, 1.165) is 92.9 Å². The van der Waals surface area contributed by atoms with Crippen molar-refractivity contribution >= 4 is 22.7 Å². The van der Waals surface area contributed by atoms with Crippen LogP contribution in [0, 0.1) is 6.57 Å². The Morgan fingerprint density at radius 2 is 1.83 bits per heavy atom. The summed E-state index contributed by atoms with van der Waals surface area (Å²) in [5.41, 5.74) is 9.18. The van der Waals surface area contributed by atoms with Crippen LogP contribution in [0.25, 0.3) is 10.4 Å². The van der Waals surface area contributed by atoms with E-state index in [2.05, 4.69) is 47.5 Å². The lowest BCUT2D eigenvalue weighted by atomic mass is 9.67. The molecule has 36 heavy (non-hydrogen) atoms. The van der Waals surface area contributed by atoms with E-state index in [-0.39, 0.29) is 11.2 Å². The van der Waals surface area contributed by atoms with E-state index in [1.165, 1.54) is 16.8 Å². The van der Waals surface area contributed by atoms with Gasteiger partial charge >= 0.3 is 0 Å². The van der Waals surface area contributed by atoms with Crippen LogP contribution in [0.1, 0.15) is 66.2 Å². The van der Waals surface area contributed by atoms with Gasteiger partial charge in [-0.15, -0.1) is 0 Å². The quantitative estimate of drug-likeness (QED) is 0.536. The summed E-state index contributed by atoms with van der Waals surface area (Å²) >= 11 is 0. The zero-order valence-corrected chi connectivity index (χ0v) is 21.7. The molecule has 0 aromatic heterocycles. The normalized spacial score (nSPS) is 21.7. The van der Waals surface area contributed by atoms with Crippen LogP contribution in [-0.4, -0.2) is 56.1 Å². The lowest BCUT2D eigenvalue weighted by Crippen LogP contribution is -2.49. The van der Waals surface area contributed by atoms with Crippen LogP contribution in [0.2, 0.25) is 0 Å². The summed E-state index contributed by atoms with van der Waals surface area (Å²) in [6.45, 7) is 19.9. The van der Waals surface area contributed by atoms with Crippen molar-refractivity contribution in [1.29, 1.82) is 0 Å². The highest BCUT2D eigenvalue weighted by Gasteiger charge is 2.45. The first-order chi connectivity index (χ1) is 17.4. The molecule has 2 aromatic rings. The number of ketones is 1. The van der Waals surface area contributed by atoms with Crippen molar-refractivity contribution in [2.24, 2.45) is 0 Å². The number of carbonyl (C=O) groups excluding carboxylic acids is 1. The van der Waals surface area contributed by atoms with E-state index in [9.17, 15) is 4.79 Å². The third-order valence-electron chi connectivity index (χ3n) is 9.02. The molecule has 2 saturated heterocycles. The van der Waals surface area contributed by atoms with Crippen molar-refractivity contribution in [3.63, 3.8) is 0 Å². The average molecular weight is 482 g/mol. The number of Topliss-reactive ketones (excluding diaryl/α,β-unsaturated/α-hetero) is 1. The highest BCUT2D eigenvalue weighted by atomic mass is 16.5. The molecule has 0 saturated carbocycles. The fourth-order valence-corrected chi connectivity index (χ4v) is 6.99. The van der Waals surface area contributed by atoms with E-state index < -0.39 is 0 Å². The molecule has 0 N–H and O–H groups in total. The monoisotopic (exact) mass is 481 g/mol. The van der Waals surface area contributed by atoms with Gasteiger partial charge in [0, 0.05) is 43.2 Å². The molecular weight excluding hydrogens is 446 g/mol. The maximum atomic E-state index is 14.4. The van der Waals surface area contributed by atoms with Gasteiger partial charge in [-0.1, -0.05) is 51.1 Å². The van der Waals surface area contributed by atoms with E-state index in [0.29, 0.717) is 11.7 Å². The van der Waals surface area contributed by atoms with Gasteiger partial charge in [0.05, 0.1) is 31.0 Å². The number of carbonyl (C=O) groups is 1. The van der Waals surface area contributed by atoms with Crippen LogP contribution in [0.5, 0.6) is 0 Å². The highest BCUT2D eigenvalue weighted by molar-refractivity contribution is 6.34. The number of nitrogens with zero attached hydrogens (tertiary/aromatic N) is 3. The summed E-state index contributed by atoms with van der Waals surface area (Å²) in [5.74, 6) is 0.175. The summed E-state index contributed by atoms with van der Waals surface area (Å²) < 4.78 is 5.57. The van der Waals surface area contributed by atoms with Crippen molar-refractivity contribution in [3.05, 3.63) is 75.1 Å². The molecule has 5 heteroatoms. The highest BCUT2D eigenvalue weighted by Crippen LogP contribution is 2.52. The number of anilines is 1. The fraction of sp³-hybridized carbons (Fsp3) is 0.484. The van der Waals surface area contributed by atoms with Gasteiger partial charge < -0.3 is 9.64 Å². The van der Waals surface area contributed by atoms with E-state index in [1.54, 1.807) is 0 Å². The molecule has 2 aliphatic heterocycles. The lowest BCUT2D eigenvalue weighted by molar-refractivity contribution is 0.0115. The van der Waals surface area contributed by atoms with Crippen molar-refractivity contribution in [2.45, 2.75) is 57.9 Å². The minimum absolute atomic E-state index is 0.175. The van der Waals surface area contributed by atoms with Crippen molar-refractivity contribution in [1.82, 2.24) is 4.90 Å². The fourth-order valence-electron chi connectivity index (χ4n) is 6.99. The number of aryl methyl sites for hydroxylation is 1. The maximum Gasteiger partial charge on any atom is 0.196 e. The molecule has 186 valence electrons. The standard InChI is InChI=1S/C31H35N3O2/c1-5-20-6-9-25-28(29(20)34-12-10-23(11-13-34)33-14-16-36-17-15-33)30(35)27-24-8-7-22(32-4)18-21(24)19-26(27)31(25,2)3/h6-9,18,23H,5,10-17,19H2,1-3H3. The zero-order chi connectivity index (χ0) is 25.0. The minimum Gasteiger partial charge on any atom is -0.379 e. The predicted octanol–water partition coefficient (Wildman–Crippen LogP) is 5.58. The number of fused-ring (bicyclic) bond motifs is 3. The first kappa shape index (κ1) is 23.5. The molecule has 2 heterocycles. The number of piperidine rings is 1. The van der Waals surface area contributed by atoms with E-state index >= 15 is 0 Å². The number of hydrogen-bond donors (Lipinski definition) is 0. The Labute approximate surface area is 214 Å². The molecule has 0 bridgehead atoms. The van der Waals surface area contributed by atoms with Crippen LogP contribution in [0.15, 0.2) is 35.9 Å². The van der Waals surface area contributed by atoms with Gasteiger partial charge in [0.15, 0.2) is 11.5 Å². The van der Waals surface area contributed by atoms with Gasteiger partial charge in [-0.05, 0) is 53.5 Å². The molecule has 0 spiro atoms. The lowest BCUT2D eigenvalue weighted by Gasteiger charge is -2.43. The summed E-state index contributed by atoms with van der Waals surface area (Å²) in [5, 5.41) is 0. The predicted molar refractivity (Wildman–Crippen MR) is 144 cm³/mol. The Hall–Kier alpha value is -2.94. The third kappa shape index (κ3) is 3.54. The molecule has 2 aliphatic carbocycles. The first-order valence-electron chi connectivity index (χ1n) is 13.5. The van der Waals surface area contributed by atoms with Crippen molar-refractivity contribution in [3.8, 4) is 0 Å². The second-order valence-corrected chi connectivity index (χ2v) is 11.2. The van der Waals surface area contributed by atoms with Crippen LogP contribution < -0.4 is 4.90 Å². The van der Waals surface area contributed by atoms with Crippen LogP contribution >= 0.6 is 0 Å². The third-order valence-corrected chi connectivity index (χ3v) is 9.02. The molecule has 4 aliphatic rings.